The quantitative estimate of drug-likeness (QED) is 0.767. The van der Waals surface area contributed by atoms with Gasteiger partial charge in [0.2, 0.25) is 0 Å². The second-order valence-electron chi connectivity index (χ2n) is 4.28. The molecule has 5 heteroatoms. The summed E-state index contributed by atoms with van der Waals surface area (Å²) < 4.78 is 1.86. The number of imidazole rings is 1. The number of nitrogens with zero attached hydrogens (tertiary/aromatic N) is 3. The topological polar surface area (TPSA) is 37.6 Å². The fraction of sp³-hybridized carbons (Fsp3) is 0.500. The lowest BCUT2D eigenvalue weighted by molar-refractivity contribution is 0.111. The molecule has 0 amide bonds. The van der Waals surface area contributed by atoms with Crippen LogP contribution in [0.3, 0.4) is 0 Å². The minimum Gasteiger partial charge on any atom is -0.352 e. The zero-order chi connectivity index (χ0) is 12.4. The summed E-state index contributed by atoms with van der Waals surface area (Å²) in [6.45, 7) is 7.30. The van der Waals surface area contributed by atoms with Gasteiger partial charge in [-0.1, -0.05) is 6.92 Å². The first-order valence-corrected chi connectivity index (χ1v) is 6.74. The monoisotopic (exact) mass is 251 g/mol. The summed E-state index contributed by atoms with van der Waals surface area (Å²) in [5.41, 5.74) is 0.656. The normalized spacial score (nSPS) is 11.3. The van der Waals surface area contributed by atoms with Crippen LogP contribution in [0.1, 0.15) is 37.7 Å². The second-order valence-corrected chi connectivity index (χ2v) is 5.15. The average Bonchev–Trinajstić information content (AvgIpc) is 2.84. The molecule has 17 heavy (non-hydrogen) atoms. The van der Waals surface area contributed by atoms with Crippen molar-refractivity contribution in [3.63, 3.8) is 0 Å². The van der Waals surface area contributed by atoms with E-state index in [9.17, 15) is 4.79 Å². The van der Waals surface area contributed by atoms with Crippen LogP contribution in [0.4, 0.5) is 5.82 Å². The van der Waals surface area contributed by atoms with E-state index in [1.165, 1.54) is 0 Å². The second kappa shape index (κ2) is 4.87. The molecule has 0 bridgehead atoms. The lowest BCUT2D eigenvalue weighted by Crippen LogP contribution is -2.32. The highest BCUT2D eigenvalue weighted by Crippen LogP contribution is 2.24. The highest BCUT2D eigenvalue weighted by atomic mass is 32.1. The van der Waals surface area contributed by atoms with Gasteiger partial charge in [-0.15, -0.1) is 11.3 Å². The molecule has 0 aliphatic rings. The third kappa shape index (κ3) is 2.07. The smallest absolute Gasteiger partial charge is 0.196 e. The van der Waals surface area contributed by atoms with Gasteiger partial charge in [0, 0.05) is 24.2 Å². The molecule has 0 aliphatic carbocycles. The zero-order valence-corrected chi connectivity index (χ0v) is 11.2. The minimum absolute atomic E-state index is 0.346. The van der Waals surface area contributed by atoms with Gasteiger partial charge in [-0.05, 0) is 20.3 Å². The molecule has 2 rings (SSSR count). The number of aldehydes is 1. The summed E-state index contributed by atoms with van der Waals surface area (Å²) in [7, 11) is 0. The Bertz CT molecular complexity index is 515. The van der Waals surface area contributed by atoms with Crippen LogP contribution in [0.15, 0.2) is 11.6 Å². The van der Waals surface area contributed by atoms with E-state index in [-0.39, 0.29) is 0 Å². The van der Waals surface area contributed by atoms with Crippen molar-refractivity contribution in [1.29, 1.82) is 0 Å². The van der Waals surface area contributed by atoms with Crippen LogP contribution in [0, 0.1) is 0 Å². The highest BCUT2D eigenvalue weighted by molar-refractivity contribution is 7.15. The predicted molar refractivity (Wildman–Crippen MR) is 71.2 cm³/mol. The summed E-state index contributed by atoms with van der Waals surface area (Å²) in [6, 6.07) is 0.346. The van der Waals surface area contributed by atoms with Crippen LogP contribution in [-0.4, -0.2) is 28.3 Å². The molecule has 0 N–H and O–H groups in total. The molecule has 0 atom stereocenters. The first-order chi connectivity index (χ1) is 8.19. The summed E-state index contributed by atoms with van der Waals surface area (Å²) in [5, 5.41) is 1.94. The molecule has 0 saturated carbocycles. The van der Waals surface area contributed by atoms with Crippen LogP contribution < -0.4 is 4.90 Å². The standard InChI is InChI=1S/C12H17N3OS/c1-4-5-14(9(2)3)11-10(8-16)15-6-7-17-12(15)13-11/h6-9H,4-5H2,1-3H3. The largest absolute Gasteiger partial charge is 0.352 e. The molecule has 2 aromatic rings. The number of anilines is 1. The predicted octanol–water partition coefficient (Wildman–Crippen LogP) is 2.83. The Morgan fingerprint density at radius 2 is 2.35 bits per heavy atom. The van der Waals surface area contributed by atoms with Crippen molar-refractivity contribution in [1.82, 2.24) is 9.38 Å². The van der Waals surface area contributed by atoms with Crippen molar-refractivity contribution in [2.75, 3.05) is 11.4 Å². The van der Waals surface area contributed by atoms with E-state index in [0.717, 1.165) is 30.0 Å². The number of hydrogen-bond donors (Lipinski definition) is 0. The Kier molecular flexibility index (Phi) is 3.47. The Morgan fingerprint density at radius 3 is 2.94 bits per heavy atom. The molecular weight excluding hydrogens is 234 g/mol. The SMILES string of the molecule is CCCN(c1nc2sccn2c1C=O)C(C)C. The fourth-order valence-electron chi connectivity index (χ4n) is 1.96. The number of aromatic nitrogens is 2. The molecule has 0 aromatic carbocycles. The van der Waals surface area contributed by atoms with Crippen molar-refractivity contribution in [3.8, 4) is 0 Å². The van der Waals surface area contributed by atoms with Gasteiger partial charge in [0.1, 0.15) is 5.69 Å². The summed E-state index contributed by atoms with van der Waals surface area (Å²) in [5.74, 6) is 0.809. The number of fused-ring (bicyclic) bond motifs is 1. The average molecular weight is 251 g/mol. The molecule has 92 valence electrons. The number of rotatable bonds is 5. The maximum atomic E-state index is 11.2. The number of hydrogen-bond acceptors (Lipinski definition) is 4. The van der Waals surface area contributed by atoms with Gasteiger partial charge in [-0.2, -0.15) is 0 Å². The Morgan fingerprint density at radius 1 is 1.59 bits per heavy atom. The van der Waals surface area contributed by atoms with Crippen molar-refractivity contribution in [3.05, 3.63) is 17.3 Å². The van der Waals surface area contributed by atoms with Crippen molar-refractivity contribution < 1.29 is 4.79 Å². The lowest BCUT2D eigenvalue weighted by Gasteiger charge is -2.26. The van der Waals surface area contributed by atoms with Crippen LogP contribution >= 0.6 is 11.3 Å². The molecule has 0 radical (unpaired) electrons. The van der Waals surface area contributed by atoms with Crippen LogP contribution in [0.2, 0.25) is 0 Å². The Hall–Kier alpha value is -1.36. The van der Waals surface area contributed by atoms with E-state index in [2.05, 4.69) is 30.7 Å². The minimum atomic E-state index is 0.346. The van der Waals surface area contributed by atoms with Crippen molar-refractivity contribution >= 4 is 28.4 Å². The molecule has 4 nitrogen and oxygen atoms in total. The van der Waals surface area contributed by atoms with Gasteiger partial charge >= 0.3 is 0 Å². The third-order valence-electron chi connectivity index (χ3n) is 2.75. The van der Waals surface area contributed by atoms with Gasteiger partial charge in [-0.25, -0.2) is 4.98 Å². The van der Waals surface area contributed by atoms with Gasteiger partial charge in [0.15, 0.2) is 17.1 Å². The summed E-state index contributed by atoms with van der Waals surface area (Å²) in [4.78, 5) is 18.9. The maximum absolute atomic E-state index is 11.2. The number of thiazole rings is 1. The maximum Gasteiger partial charge on any atom is 0.196 e. The fourth-order valence-corrected chi connectivity index (χ4v) is 2.68. The molecule has 2 aromatic heterocycles. The van der Waals surface area contributed by atoms with Crippen LogP contribution in [-0.2, 0) is 0 Å². The van der Waals surface area contributed by atoms with Crippen molar-refractivity contribution in [2.45, 2.75) is 33.2 Å². The van der Waals surface area contributed by atoms with E-state index >= 15 is 0 Å². The molecule has 0 saturated heterocycles. The van der Waals surface area contributed by atoms with Crippen LogP contribution in [0.25, 0.3) is 4.96 Å². The van der Waals surface area contributed by atoms with Gasteiger partial charge < -0.3 is 4.90 Å². The van der Waals surface area contributed by atoms with Gasteiger partial charge in [-0.3, -0.25) is 9.20 Å². The first-order valence-electron chi connectivity index (χ1n) is 5.86. The number of carbonyl (C=O) groups is 1. The van der Waals surface area contributed by atoms with Crippen molar-refractivity contribution in [2.24, 2.45) is 0 Å². The molecule has 0 aliphatic heterocycles. The van der Waals surface area contributed by atoms with Gasteiger partial charge in [0.05, 0.1) is 0 Å². The third-order valence-corrected chi connectivity index (χ3v) is 3.51. The molecular formula is C12H17N3OS. The first kappa shape index (κ1) is 12.1. The van der Waals surface area contributed by atoms with E-state index in [1.807, 2.05) is 16.0 Å². The zero-order valence-electron chi connectivity index (χ0n) is 10.4. The van der Waals surface area contributed by atoms with E-state index < -0.39 is 0 Å². The Balaban J connectivity index is 2.51. The van der Waals surface area contributed by atoms with E-state index in [0.29, 0.717) is 11.7 Å². The van der Waals surface area contributed by atoms with E-state index in [1.54, 1.807) is 11.3 Å². The van der Waals surface area contributed by atoms with Crippen LogP contribution in [0.5, 0.6) is 0 Å². The lowest BCUT2D eigenvalue weighted by atomic mass is 10.2. The summed E-state index contributed by atoms with van der Waals surface area (Å²) in [6.07, 6.45) is 3.83. The molecule has 2 heterocycles. The molecule has 0 fully saturated rings. The van der Waals surface area contributed by atoms with E-state index in [4.69, 9.17) is 0 Å². The Labute approximate surface area is 105 Å². The highest BCUT2D eigenvalue weighted by Gasteiger charge is 2.19. The molecule has 0 spiro atoms. The molecule has 0 unspecified atom stereocenters. The van der Waals surface area contributed by atoms with Gasteiger partial charge in [0.25, 0.3) is 0 Å². The number of carbonyl (C=O) groups excluding carboxylic acids is 1. The summed E-state index contributed by atoms with van der Waals surface area (Å²) >= 11 is 1.55.